The van der Waals surface area contributed by atoms with E-state index < -0.39 is 6.03 Å². The number of nitrogens with zero attached hydrogens (tertiary/aromatic N) is 3. The summed E-state index contributed by atoms with van der Waals surface area (Å²) in [6.07, 6.45) is 6.38. The van der Waals surface area contributed by atoms with Crippen LogP contribution in [0.4, 0.5) is 10.5 Å². The number of ketones is 1. The Morgan fingerprint density at radius 3 is 2.86 bits per heavy atom. The molecule has 0 aliphatic rings. The minimum absolute atomic E-state index is 0.116. The summed E-state index contributed by atoms with van der Waals surface area (Å²) in [6, 6.07) is 8.41. The number of anilines is 1. The van der Waals surface area contributed by atoms with Crippen LogP contribution in [0.5, 0.6) is 0 Å². The second-order valence-electron chi connectivity index (χ2n) is 4.54. The van der Waals surface area contributed by atoms with E-state index >= 15 is 0 Å². The number of aromatic nitrogens is 3. The normalized spacial score (nSPS) is 10.4. The minimum Gasteiger partial charge on any atom is -0.330 e. The molecule has 3 heterocycles. The second kappa shape index (κ2) is 6.04. The van der Waals surface area contributed by atoms with Crippen LogP contribution in [0.15, 0.2) is 55.1 Å². The highest BCUT2D eigenvalue weighted by Gasteiger charge is 2.12. The van der Waals surface area contributed by atoms with Gasteiger partial charge in [-0.3, -0.25) is 14.2 Å². The fourth-order valence-corrected chi connectivity index (χ4v) is 2.00. The number of imidazole rings is 1. The van der Waals surface area contributed by atoms with Crippen molar-refractivity contribution in [3.8, 4) is 0 Å². The number of carbonyl (C=O) groups excluding carboxylic acids is 2. The summed E-state index contributed by atoms with van der Waals surface area (Å²) in [5, 5.41) is 5.11. The molecule has 22 heavy (non-hydrogen) atoms. The van der Waals surface area contributed by atoms with Gasteiger partial charge in [-0.05, 0) is 24.3 Å². The van der Waals surface area contributed by atoms with E-state index in [4.69, 9.17) is 0 Å². The summed E-state index contributed by atoms with van der Waals surface area (Å²) in [6.45, 7) is -0.116. The van der Waals surface area contributed by atoms with Crippen LogP contribution in [-0.4, -0.2) is 32.7 Å². The van der Waals surface area contributed by atoms with Crippen LogP contribution in [-0.2, 0) is 0 Å². The lowest BCUT2D eigenvalue weighted by Crippen LogP contribution is -2.33. The lowest BCUT2D eigenvalue weighted by molar-refractivity contribution is 0.0987. The molecule has 0 spiro atoms. The van der Waals surface area contributed by atoms with E-state index in [-0.39, 0.29) is 12.3 Å². The maximum atomic E-state index is 12.2. The average Bonchev–Trinajstić information content (AvgIpc) is 2.98. The van der Waals surface area contributed by atoms with E-state index in [1.54, 1.807) is 35.0 Å². The molecule has 0 bridgehead atoms. The quantitative estimate of drug-likeness (QED) is 0.717. The molecule has 2 N–H and O–H groups in total. The number of urea groups is 1. The van der Waals surface area contributed by atoms with E-state index in [2.05, 4.69) is 20.6 Å². The average molecular weight is 295 g/mol. The van der Waals surface area contributed by atoms with Crippen molar-refractivity contribution in [3.05, 3.63) is 60.8 Å². The van der Waals surface area contributed by atoms with E-state index in [0.29, 0.717) is 17.0 Å². The van der Waals surface area contributed by atoms with Crippen LogP contribution in [0.1, 0.15) is 10.5 Å². The van der Waals surface area contributed by atoms with Gasteiger partial charge in [0.1, 0.15) is 11.3 Å². The van der Waals surface area contributed by atoms with Crippen molar-refractivity contribution in [1.82, 2.24) is 19.7 Å². The molecular formula is C15H13N5O2. The largest absolute Gasteiger partial charge is 0.330 e. The van der Waals surface area contributed by atoms with Crippen LogP contribution in [0, 0.1) is 0 Å². The predicted octanol–water partition coefficient (Wildman–Crippen LogP) is 1.73. The molecule has 7 heteroatoms. The standard InChI is InChI=1S/C15H13N5O2/c21-13(12-9-17-14-5-1-2-7-20(12)14)10-18-15(22)19-11-4-3-6-16-8-11/h1-9H,10H2,(H2,18,19,22). The first kappa shape index (κ1) is 13.7. The predicted molar refractivity (Wildman–Crippen MR) is 80.8 cm³/mol. The fourth-order valence-electron chi connectivity index (χ4n) is 2.00. The molecule has 0 radical (unpaired) electrons. The van der Waals surface area contributed by atoms with Crippen LogP contribution in [0.3, 0.4) is 0 Å². The maximum Gasteiger partial charge on any atom is 0.319 e. The number of carbonyl (C=O) groups is 2. The van der Waals surface area contributed by atoms with Crippen molar-refractivity contribution in [1.29, 1.82) is 0 Å². The minimum atomic E-state index is -0.463. The van der Waals surface area contributed by atoms with Gasteiger partial charge in [0.25, 0.3) is 0 Å². The van der Waals surface area contributed by atoms with Gasteiger partial charge in [-0.25, -0.2) is 9.78 Å². The first-order chi connectivity index (χ1) is 10.7. The molecule has 7 nitrogen and oxygen atoms in total. The Hall–Kier alpha value is -3.22. The molecule has 0 aliphatic carbocycles. The van der Waals surface area contributed by atoms with E-state index in [1.807, 2.05) is 12.1 Å². The van der Waals surface area contributed by atoms with E-state index in [9.17, 15) is 9.59 Å². The van der Waals surface area contributed by atoms with Gasteiger partial charge in [0.2, 0.25) is 0 Å². The molecule has 0 atom stereocenters. The van der Waals surface area contributed by atoms with Gasteiger partial charge in [-0.15, -0.1) is 0 Å². The van der Waals surface area contributed by atoms with Crippen LogP contribution in [0.25, 0.3) is 5.65 Å². The lowest BCUT2D eigenvalue weighted by atomic mass is 10.3. The number of rotatable bonds is 4. The van der Waals surface area contributed by atoms with Crippen molar-refractivity contribution >= 4 is 23.1 Å². The maximum absolute atomic E-state index is 12.2. The Kier molecular flexibility index (Phi) is 3.78. The zero-order valence-electron chi connectivity index (χ0n) is 11.6. The summed E-state index contributed by atoms with van der Waals surface area (Å²) in [5.41, 5.74) is 1.67. The molecule has 0 aliphatic heterocycles. The van der Waals surface area contributed by atoms with Gasteiger partial charge in [0.15, 0.2) is 5.78 Å². The highest BCUT2D eigenvalue weighted by Crippen LogP contribution is 2.06. The van der Waals surface area contributed by atoms with E-state index in [1.165, 1.54) is 12.4 Å². The smallest absolute Gasteiger partial charge is 0.319 e. The Balaban J connectivity index is 1.61. The number of pyridine rings is 2. The fraction of sp³-hybridized carbons (Fsp3) is 0.0667. The molecule has 3 aromatic heterocycles. The zero-order chi connectivity index (χ0) is 15.4. The SMILES string of the molecule is O=C(NCC(=O)c1cnc2ccccn12)Nc1cccnc1. The highest BCUT2D eigenvalue weighted by atomic mass is 16.2. The Morgan fingerprint density at radius 2 is 2.05 bits per heavy atom. The van der Waals surface area contributed by atoms with Gasteiger partial charge in [-0.2, -0.15) is 0 Å². The molecular weight excluding hydrogens is 282 g/mol. The first-order valence-corrected chi connectivity index (χ1v) is 6.64. The van der Waals surface area contributed by atoms with Gasteiger partial charge in [-0.1, -0.05) is 6.07 Å². The number of nitrogens with one attached hydrogen (secondary N) is 2. The first-order valence-electron chi connectivity index (χ1n) is 6.64. The van der Waals surface area contributed by atoms with Crippen LogP contribution >= 0.6 is 0 Å². The summed E-state index contributed by atoms with van der Waals surface area (Å²) < 4.78 is 1.68. The van der Waals surface area contributed by atoms with Gasteiger partial charge in [0, 0.05) is 12.4 Å². The third-order valence-corrected chi connectivity index (χ3v) is 3.03. The summed E-state index contributed by atoms with van der Waals surface area (Å²) in [5.74, 6) is -0.222. The van der Waals surface area contributed by atoms with Gasteiger partial charge >= 0.3 is 6.03 Å². The van der Waals surface area contributed by atoms with Crippen molar-refractivity contribution in [3.63, 3.8) is 0 Å². The summed E-state index contributed by atoms with van der Waals surface area (Å²) >= 11 is 0. The molecule has 0 saturated heterocycles. The molecule has 0 unspecified atom stereocenters. The number of hydrogen-bond donors (Lipinski definition) is 2. The molecule has 3 rings (SSSR count). The van der Waals surface area contributed by atoms with Crippen LogP contribution < -0.4 is 10.6 Å². The Labute approximate surface area is 126 Å². The molecule has 0 fully saturated rings. The third-order valence-electron chi connectivity index (χ3n) is 3.03. The van der Waals surface area contributed by atoms with Crippen molar-refractivity contribution in [2.45, 2.75) is 0 Å². The summed E-state index contributed by atoms with van der Waals surface area (Å²) in [4.78, 5) is 31.9. The van der Waals surface area contributed by atoms with Gasteiger partial charge in [0.05, 0.1) is 24.6 Å². The molecule has 0 aromatic carbocycles. The van der Waals surface area contributed by atoms with Crippen molar-refractivity contribution in [2.75, 3.05) is 11.9 Å². The third kappa shape index (κ3) is 2.93. The number of hydrogen-bond acceptors (Lipinski definition) is 4. The molecule has 2 amide bonds. The molecule has 3 aromatic rings. The van der Waals surface area contributed by atoms with Crippen molar-refractivity contribution < 1.29 is 9.59 Å². The number of fused-ring (bicyclic) bond motifs is 1. The highest BCUT2D eigenvalue weighted by molar-refractivity contribution is 6.00. The monoisotopic (exact) mass is 295 g/mol. The number of amides is 2. The van der Waals surface area contributed by atoms with Gasteiger partial charge < -0.3 is 10.6 Å². The Morgan fingerprint density at radius 1 is 1.14 bits per heavy atom. The summed E-state index contributed by atoms with van der Waals surface area (Å²) in [7, 11) is 0. The van der Waals surface area contributed by atoms with Crippen molar-refractivity contribution in [2.24, 2.45) is 0 Å². The molecule has 110 valence electrons. The van der Waals surface area contributed by atoms with Crippen LogP contribution in [0.2, 0.25) is 0 Å². The van der Waals surface area contributed by atoms with E-state index in [0.717, 1.165) is 0 Å². The topological polar surface area (TPSA) is 88.4 Å². The second-order valence-corrected chi connectivity index (χ2v) is 4.54. The molecule has 0 saturated carbocycles. The Bertz CT molecular complexity index is 813. The lowest BCUT2D eigenvalue weighted by Gasteiger charge is -2.06. The zero-order valence-corrected chi connectivity index (χ0v) is 11.6. The number of Topliss-reactive ketones (excluding diaryl/α,β-unsaturated/α-hetero) is 1.